The second kappa shape index (κ2) is 5.04. The van der Waals surface area contributed by atoms with Crippen LogP contribution < -0.4 is 5.73 Å². The average Bonchev–Trinajstić information content (AvgIpc) is 2.71. The van der Waals surface area contributed by atoms with Crippen molar-refractivity contribution in [1.29, 1.82) is 0 Å². The van der Waals surface area contributed by atoms with Crippen molar-refractivity contribution in [3.8, 4) is 11.1 Å². The largest absolute Gasteiger partial charge is 0.382 e. The number of nitrogens with two attached hydrogens (primary N) is 1. The molecule has 17 heavy (non-hydrogen) atoms. The van der Waals surface area contributed by atoms with Gasteiger partial charge in [-0.1, -0.05) is 44.5 Å². The lowest BCUT2D eigenvalue weighted by Crippen LogP contribution is -1.91. The lowest BCUT2D eigenvalue weighted by molar-refractivity contribution is 0.869. The van der Waals surface area contributed by atoms with Crippen LogP contribution in [0.25, 0.3) is 11.1 Å². The van der Waals surface area contributed by atoms with Gasteiger partial charge in [0.05, 0.1) is 0 Å². The number of aromatic nitrogens is 2. The molecule has 1 aromatic carbocycles. The number of nitrogens with zero attached hydrogens (tertiary/aromatic N) is 1. The smallest absolute Gasteiger partial charge is 0.153 e. The maximum absolute atomic E-state index is 5.93. The fourth-order valence-corrected chi connectivity index (χ4v) is 2.05. The Morgan fingerprint density at radius 1 is 1.18 bits per heavy atom. The molecule has 2 rings (SSSR count). The standard InChI is InChI=1S/C14H19N3/c1-3-5-12-13(14(15)17-16-12)11-8-6-10(4-2)7-9-11/h6-9H,3-5H2,1-2H3,(H3,15,16,17). The molecule has 0 aliphatic heterocycles. The molecule has 0 radical (unpaired) electrons. The van der Waals surface area contributed by atoms with Crippen LogP contribution in [0.4, 0.5) is 5.82 Å². The van der Waals surface area contributed by atoms with Gasteiger partial charge >= 0.3 is 0 Å². The second-order valence-electron chi connectivity index (χ2n) is 4.26. The molecule has 0 unspecified atom stereocenters. The molecule has 2 aromatic rings. The van der Waals surface area contributed by atoms with Crippen molar-refractivity contribution in [2.24, 2.45) is 0 Å². The first kappa shape index (κ1) is 11.7. The summed E-state index contributed by atoms with van der Waals surface area (Å²) < 4.78 is 0. The molecule has 0 spiro atoms. The minimum atomic E-state index is 0.595. The quantitative estimate of drug-likeness (QED) is 0.846. The highest BCUT2D eigenvalue weighted by atomic mass is 15.2. The van der Waals surface area contributed by atoms with Crippen LogP contribution in [0.1, 0.15) is 31.5 Å². The molecule has 0 aliphatic carbocycles. The molecular weight excluding hydrogens is 210 g/mol. The van der Waals surface area contributed by atoms with E-state index in [4.69, 9.17) is 5.73 Å². The number of anilines is 1. The van der Waals surface area contributed by atoms with E-state index in [1.54, 1.807) is 0 Å². The van der Waals surface area contributed by atoms with Crippen LogP contribution >= 0.6 is 0 Å². The molecule has 1 aromatic heterocycles. The molecule has 90 valence electrons. The van der Waals surface area contributed by atoms with Crippen LogP contribution in [0.2, 0.25) is 0 Å². The molecular formula is C14H19N3. The van der Waals surface area contributed by atoms with Gasteiger partial charge in [-0.25, -0.2) is 0 Å². The maximum Gasteiger partial charge on any atom is 0.153 e. The van der Waals surface area contributed by atoms with Crippen molar-refractivity contribution >= 4 is 5.82 Å². The van der Waals surface area contributed by atoms with Gasteiger partial charge in [-0.05, 0) is 24.0 Å². The van der Waals surface area contributed by atoms with E-state index in [1.165, 1.54) is 5.56 Å². The van der Waals surface area contributed by atoms with Crippen molar-refractivity contribution in [3.05, 3.63) is 35.5 Å². The van der Waals surface area contributed by atoms with Crippen LogP contribution in [0, 0.1) is 0 Å². The molecule has 3 nitrogen and oxygen atoms in total. The third-order valence-corrected chi connectivity index (χ3v) is 3.02. The lowest BCUT2D eigenvalue weighted by Gasteiger charge is -2.04. The average molecular weight is 229 g/mol. The third-order valence-electron chi connectivity index (χ3n) is 3.02. The number of aromatic amines is 1. The van der Waals surface area contributed by atoms with Gasteiger partial charge in [-0.2, -0.15) is 5.10 Å². The summed E-state index contributed by atoms with van der Waals surface area (Å²) in [6, 6.07) is 8.55. The van der Waals surface area contributed by atoms with Crippen molar-refractivity contribution in [1.82, 2.24) is 10.2 Å². The first-order valence-electron chi connectivity index (χ1n) is 6.18. The predicted molar refractivity (Wildman–Crippen MR) is 71.8 cm³/mol. The number of rotatable bonds is 4. The van der Waals surface area contributed by atoms with Gasteiger partial charge in [0.2, 0.25) is 0 Å². The van der Waals surface area contributed by atoms with E-state index in [-0.39, 0.29) is 0 Å². The SMILES string of the molecule is CCCc1[nH]nc(N)c1-c1ccc(CC)cc1. The molecule has 0 saturated carbocycles. The fraction of sp³-hybridized carbons (Fsp3) is 0.357. The van der Waals surface area contributed by atoms with Crippen molar-refractivity contribution in [3.63, 3.8) is 0 Å². The summed E-state index contributed by atoms with van der Waals surface area (Å²) >= 11 is 0. The highest BCUT2D eigenvalue weighted by Gasteiger charge is 2.11. The third kappa shape index (κ3) is 2.33. The van der Waals surface area contributed by atoms with E-state index >= 15 is 0 Å². The number of H-pyrrole nitrogens is 1. The van der Waals surface area contributed by atoms with Crippen LogP contribution in [0.3, 0.4) is 0 Å². The number of hydrogen-bond donors (Lipinski definition) is 2. The molecule has 0 bridgehead atoms. The number of nitrogens with one attached hydrogen (secondary N) is 1. The normalized spacial score (nSPS) is 10.7. The van der Waals surface area contributed by atoms with E-state index in [9.17, 15) is 0 Å². The Bertz CT molecular complexity index is 483. The van der Waals surface area contributed by atoms with Gasteiger partial charge in [-0.15, -0.1) is 0 Å². The molecule has 0 saturated heterocycles. The maximum atomic E-state index is 5.93. The molecule has 0 atom stereocenters. The Morgan fingerprint density at radius 3 is 2.47 bits per heavy atom. The first-order valence-corrected chi connectivity index (χ1v) is 6.18. The summed E-state index contributed by atoms with van der Waals surface area (Å²) in [5.41, 5.74) is 10.6. The lowest BCUT2D eigenvalue weighted by atomic mass is 10.0. The Hall–Kier alpha value is -1.77. The van der Waals surface area contributed by atoms with E-state index < -0.39 is 0 Å². The zero-order valence-electron chi connectivity index (χ0n) is 10.5. The predicted octanol–water partition coefficient (Wildman–Crippen LogP) is 3.17. The van der Waals surface area contributed by atoms with Gasteiger partial charge in [-0.3, -0.25) is 5.10 Å². The summed E-state index contributed by atoms with van der Waals surface area (Å²) in [4.78, 5) is 0. The van der Waals surface area contributed by atoms with E-state index in [0.717, 1.165) is 36.1 Å². The fourth-order valence-electron chi connectivity index (χ4n) is 2.05. The summed E-state index contributed by atoms with van der Waals surface area (Å²) in [7, 11) is 0. The summed E-state index contributed by atoms with van der Waals surface area (Å²) in [6.07, 6.45) is 3.12. The minimum Gasteiger partial charge on any atom is -0.382 e. The Morgan fingerprint density at radius 2 is 1.88 bits per heavy atom. The van der Waals surface area contributed by atoms with Crippen molar-refractivity contribution < 1.29 is 0 Å². The first-order chi connectivity index (χ1) is 8.26. The molecule has 0 fully saturated rings. The Kier molecular flexibility index (Phi) is 3.47. The number of nitrogen functional groups attached to an aromatic ring is 1. The van der Waals surface area contributed by atoms with Gasteiger partial charge in [0.1, 0.15) is 0 Å². The topological polar surface area (TPSA) is 54.7 Å². The van der Waals surface area contributed by atoms with Crippen LogP contribution in [-0.2, 0) is 12.8 Å². The molecule has 1 heterocycles. The van der Waals surface area contributed by atoms with Crippen molar-refractivity contribution in [2.75, 3.05) is 5.73 Å². The number of aryl methyl sites for hydroxylation is 2. The van der Waals surface area contributed by atoms with Gasteiger partial charge < -0.3 is 5.73 Å². The highest BCUT2D eigenvalue weighted by molar-refractivity contribution is 5.76. The Labute approximate surface area is 102 Å². The second-order valence-corrected chi connectivity index (χ2v) is 4.26. The van der Waals surface area contributed by atoms with Crippen LogP contribution in [0.5, 0.6) is 0 Å². The molecule has 0 amide bonds. The highest BCUT2D eigenvalue weighted by Crippen LogP contribution is 2.28. The molecule has 0 aliphatic rings. The summed E-state index contributed by atoms with van der Waals surface area (Å²) in [6.45, 7) is 4.31. The van der Waals surface area contributed by atoms with Crippen LogP contribution in [-0.4, -0.2) is 10.2 Å². The summed E-state index contributed by atoms with van der Waals surface area (Å²) in [5.74, 6) is 0.595. The molecule has 3 heteroatoms. The zero-order chi connectivity index (χ0) is 12.3. The van der Waals surface area contributed by atoms with Crippen LogP contribution in [0.15, 0.2) is 24.3 Å². The van der Waals surface area contributed by atoms with Gasteiger partial charge in [0.15, 0.2) is 5.82 Å². The summed E-state index contributed by atoms with van der Waals surface area (Å²) in [5, 5.41) is 7.13. The van der Waals surface area contributed by atoms with Crippen molar-refractivity contribution in [2.45, 2.75) is 33.1 Å². The van der Waals surface area contributed by atoms with E-state index in [2.05, 4.69) is 48.3 Å². The number of benzene rings is 1. The molecule has 3 N–H and O–H groups in total. The van der Waals surface area contributed by atoms with E-state index in [1.807, 2.05) is 0 Å². The minimum absolute atomic E-state index is 0.595. The zero-order valence-corrected chi connectivity index (χ0v) is 10.5. The number of hydrogen-bond acceptors (Lipinski definition) is 2. The van der Waals surface area contributed by atoms with E-state index in [0.29, 0.717) is 5.82 Å². The monoisotopic (exact) mass is 229 g/mol. The van der Waals surface area contributed by atoms with Gasteiger partial charge in [0.25, 0.3) is 0 Å². The Balaban J connectivity index is 2.40. The van der Waals surface area contributed by atoms with Gasteiger partial charge in [0, 0.05) is 11.3 Å².